The van der Waals surface area contributed by atoms with Gasteiger partial charge in [-0.1, -0.05) is 0 Å². The number of ether oxygens (including phenoxy) is 2. The molecular weight excluding hydrogens is 398 g/mol. The molecule has 0 spiro atoms. The number of nitrogens with one attached hydrogen (secondary N) is 2. The maximum atomic E-state index is 12.2. The molecule has 0 aliphatic carbocycles. The Balaban J connectivity index is 1.53. The van der Waals surface area contributed by atoms with Crippen LogP contribution in [-0.2, 0) is 9.53 Å². The Labute approximate surface area is 161 Å². The van der Waals surface area contributed by atoms with Crippen LogP contribution >= 0.6 is 15.9 Å². The van der Waals surface area contributed by atoms with Gasteiger partial charge in [0.15, 0.2) is 0 Å². The lowest BCUT2D eigenvalue weighted by molar-refractivity contribution is -0.114. The molecule has 0 atom stereocenters. The molecule has 1 saturated heterocycles. The van der Waals surface area contributed by atoms with Gasteiger partial charge in [0.25, 0.3) is 0 Å². The summed E-state index contributed by atoms with van der Waals surface area (Å²) in [5.74, 6) is 0.619. The molecule has 1 aliphatic heterocycles. The number of anilines is 3. The van der Waals surface area contributed by atoms with Crippen LogP contribution in [0.25, 0.3) is 0 Å². The number of rotatable bonds is 6. The predicted molar refractivity (Wildman–Crippen MR) is 107 cm³/mol. The average molecular weight is 420 g/mol. The number of nitrogens with zero attached hydrogens (tertiary/aromatic N) is 1. The maximum Gasteiger partial charge on any atom is 0.243 e. The van der Waals surface area contributed by atoms with Crippen LogP contribution in [0.1, 0.15) is 0 Å². The van der Waals surface area contributed by atoms with E-state index in [1.165, 1.54) is 0 Å². The number of halogens is 1. The fourth-order valence-electron chi connectivity index (χ4n) is 2.72. The van der Waals surface area contributed by atoms with E-state index < -0.39 is 0 Å². The highest BCUT2D eigenvalue weighted by molar-refractivity contribution is 9.10. The van der Waals surface area contributed by atoms with Crippen LogP contribution in [0, 0.1) is 0 Å². The number of hydrogen-bond acceptors (Lipinski definition) is 5. The van der Waals surface area contributed by atoms with E-state index >= 15 is 0 Å². The van der Waals surface area contributed by atoms with Crippen molar-refractivity contribution in [3.05, 3.63) is 46.9 Å². The van der Waals surface area contributed by atoms with Crippen molar-refractivity contribution in [2.24, 2.45) is 0 Å². The van der Waals surface area contributed by atoms with Crippen LogP contribution in [-0.4, -0.2) is 45.9 Å². The zero-order valence-electron chi connectivity index (χ0n) is 14.6. The quantitative estimate of drug-likeness (QED) is 0.751. The van der Waals surface area contributed by atoms with Gasteiger partial charge in [-0.2, -0.15) is 0 Å². The minimum Gasteiger partial charge on any atom is -0.497 e. The van der Waals surface area contributed by atoms with Gasteiger partial charge in [-0.15, -0.1) is 0 Å². The van der Waals surface area contributed by atoms with Gasteiger partial charge in [0, 0.05) is 35.0 Å². The molecule has 26 heavy (non-hydrogen) atoms. The minimum atomic E-state index is -0.112. The third-order valence-corrected chi connectivity index (χ3v) is 4.83. The molecule has 2 aromatic carbocycles. The van der Waals surface area contributed by atoms with E-state index in [0.717, 1.165) is 53.6 Å². The van der Waals surface area contributed by atoms with Gasteiger partial charge < -0.3 is 25.0 Å². The molecule has 7 heteroatoms. The molecule has 6 nitrogen and oxygen atoms in total. The second-order valence-electron chi connectivity index (χ2n) is 5.89. The molecule has 1 fully saturated rings. The SMILES string of the molecule is COc1ccc(Br)c(NCC(=O)Nc2ccc(N3CCOCC3)cc2)c1. The van der Waals surface area contributed by atoms with Gasteiger partial charge in [0.1, 0.15) is 5.75 Å². The van der Waals surface area contributed by atoms with Crippen molar-refractivity contribution in [1.29, 1.82) is 0 Å². The average Bonchev–Trinajstić information content (AvgIpc) is 2.68. The molecule has 1 aliphatic rings. The van der Waals surface area contributed by atoms with Gasteiger partial charge in [0.2, 0.25) is 5.91 Å². The Bertz CT molecular complexity index is 746. The zero-order chi connectivity index (χ0) is 18.4. The van der Waals surface area contributed by atoms with Crippen LogP contribution in [0.4, 0.5) is 17.1 Å². The summed E-state index contributed by atoms with van der Waals surface area (Å²) in [5.41, 5.74) is 2.73. The molecule has 3 rings (SSSR count). The first-order valence-electron chi connectivity index (χ1n) is 8.46. The number of morpholine rings is 1. The van der Waals surface area contributed by atoms with E-state index in [4.69, 9.17) is 9.47 Å². The van der Waals surface area contributed by atoms with Crippen LogP contribution in [0.5, 0.6) is 5.75 Å². The summed E-state index contributed by atoms with van der Waals surface area (Å²) in [6.07, 6.45) is 0. The van der Waals surface area contributed by atoms with E-state index in [9.17, 15) is 4.79 Å². The lowest BCUT2D eigenvalue weighted by Crippen LogP contribution is -2.36. The van der Waals surface area contributed by atoms with Crippen molar-refractivity contribution < 1.29 is 14.3 Å². The Morgan fingerprint density at radius 3 is 2.62 bits per heavy atom. The Kier molecular flexibility index (Phi) is 6.35. The molecule has 1 amide bonds. The number of hydrogen-bond donors (Lipinski definition) is 2. The lowest BCUT2D eigenvalue weighted by Gasteiger charge is -2.28. The first-order valence-corrected chi connectivity index (χ1v) is 9.25. The standard InChI is InChI=1S/C19H22BrN3O3/c1-25-16-6-7-17(20)18(12-16)21-13-19(24)22-14-2-4-15(5-3-14)23-8-10-26-11-9-23/h2-7,12,21H,8-11,13H2,1H3,(H,22,24). The number of carbonyl (C=O) groups is 1. The summed E-state index contributed by atoms with van der Waals surface area (Å²) in [6.45, 7) is 3.46. The minimum absolute atomic E-state index is 0.112. The molecule has 1 heterocycles. The largest absolute Gasteiger partial charge is 0.497 e. The highest BCUT2D eigenvalue weighted by Gasteiger charge is 2.11. The number of methoxy groups -OCH3 is 1. The first kappa shape index (κ1) is 18.5. The third kappa shape index (κ3) is 4.89. The van der Waals surface area contributed by atoms with E-state index in [1.807, 2.05) is 42.5 Å². The normalized spacial score (nSPS) is 14.0. The fourth-order valence-corrected chi connectivity index (χ4v) is 3.11. The first-order chi connectivity index (χ1) is 12.7. The molecule has 0 unspecified atom stereocenters. The Hall–Kier alpha value is -2.25. The van der Waals surface area contributed by atoms with Crippen molar-refractivity contribution >= 4 is 38.9 Å². The van der Waals surface area contributed by atoms with Crippen LogP contribution in [0.15, 0.2) is 46.9 Å². The predicted octanol–water partition coefficient (Wildman–Crippen LogP) is 3.34. The molecule has 2 aromatic rings. The summed E-state index contributed by atoms with van der Waals surface area (Å²) < 4.78 is 11.4. The number of carbonyl (C=O) groups excluding carboxylic acids is 1. The number of amides is 1. The molecular formula is C19H22BrN3O3. The van der Waals surface area contributed by atoms with E-state index in [0.29, 0.717) is 0 Å². The topological polar surface area (TPSA) is 62.8 Å². The highest BCUT2D eigenvalue weighted by Crippen LogP contribution is 2.27. The summed E-state index contributed by atoms with van der Waals surface area (Å²) in [5, 5.41) is 6.01. The summed E-state index contributed by atoms with van der Waals surface area (Å²) >= 11 is 3.46. The number of benzene rings is 2. The van der Waals surface area contributed by atoms with E-state index in [-0.39, 0.29) is 12.5 Å². The zero-order valence-corrected chi connectivity index (χ0v) is 16.2. The summed E-state index contributed by atoms with van der Waals surface area (Å²) in [4.78, 5) is 14.5. The molecule has 0 aromatic heterocycles. The fraction of sp³-hybridized carbons (Fsp3) is 0.316. The summed E-state index contributed by atoms with van der Waals surface area (Å²) in [6, 6.07) is 13.5. The van der Waals surface area contributed by atoms with Crippen molar-refractivity contribution in [3.8, 4) is 5.75 Å². The molecule has 0 bridgehead atoms. The third-order valence-electron chi connectivity index (χ3n) is 4.14. The molecule has 0 radical (unpaired) electrons. The smallest absolute Gasteiger partial charge is 0.243 e. The molecule has 0 saturated carbocycles. The van der Waals surface area contributed by atoms with Crippen molar-refractivity contribution in [2.75, 3.05) is 55.5 Å². The Morgan fingerprint density at radius 1 is 1.19 bits per heavy atom. The van der Waals surface area contributed by atoms with E-state index in [2.05, 4.69) is 31.5 Å². The van der Waals surface area contributed by atoms with Gasteiger partial charge >= 0.3 is 0 Å². The van der Waals surface area contributed by atoms with Gasteiger partial charge in [0.05, 0.1) is 32.6 Å². The monoisotopic (exact) mass is 419 g/mol. The van der Waals surface area contributed by atoms with Gasteiger partial charge in [-0.05, 0) is 52.3 Å². The summed E-state index contributed by atoms with van der Waals surface area (Å²) in [7, 11) is 1.61. The molecule has 2 N–H and O–H groups in total. The van der Waals surface area contributed by atoms with Crippen molar-refractivity contribution in [1.82, 2.24) is 0 Å². The van der Waals surface area contributed by atoms with Crippen LogP contribution < -0.4 is 20.3 Å². The van der Waals surface area contributed by atoms with Crippen LogP contribution in [0.2, 0.25) is 0 Å². The van der Waals surface area contributed by atoms with Gasteiger partial charge in [-0.3, -0.25) is 4.79 Å². The Morgan fingerprint density at radius 2 is 1.92 bits per heavy atom. The van der Waals surface area contributed by atoms with Crippen molar-refractivity contribution in [3.63, 3.8) is 0 Å². The second-order valence-corrected chi connectivity index (χ2v) is 6.75. The highest BCUT2D eigenvalue weighted by atomic mass is 79.9. The molecule has 138 valence electrons. The lowest BCUT2D eigenvalue weighted by atomic mass is 10.2. The van der Waals surface area contributed by atoms with Crippen molar-refractivity contribution in [2.45, 2.75) is 0 Å². The van der Waals surface area contributed by atoms with Gasteiger partial charge in [-0.25, -0.2) is 0 Å². The second kappa shape index (κ2) is 8.91. The maximum absolute atomic E-state index is 12.2. The van der Waals surface area contributed by atoms with E-state index in [1.54, 1.807) is 7.11 Å². The van der Waals surface area contributed by atoms with Crippen LogP contribution in [0.3, 0.4) is 0 Å².